The molecule has 1 aliphatic rings. The Labute approximate surface area is 93.6 Å². The zero-order valence-electron chi connectivity index (χ0n) is 8.40. The number of imidazole rings is 1. The molecule has 0 aromatic carbocycles. The van der Waals surface area contributed by atoms with Crippen molar-refractivity contribution in [2.24, 2.45) is 5.92 Å². The van der Waals surface area contributed by atoms with Crippen LogP contribution < -0.4 is 5.32 Å². The number of alkyl halides is 1. The van der Waals surface area contributed by atoms with Crippen molar-refractivity contribution in [1.29, 1.82) is 0 Å². The summed E-state index contributed by atoms with van der Waals surface area (Å²) in [5, 5.41) is 2.80. The average molecular weight is 228 g/mol. The van der Waals surface area contributed by atoms with Crippen LogP contribution in [0.3, 0.4) is 0 Å². The molecule has 1 heterocycles. The molecule has 2 rings (SSSR count). The number of aromatic nitrogens is 2. The summed E-state index contributed by atoms with van der Waals surface area (Å²) < 4.78 is 2.12. The molecular weight excluding hydrogens is 214 g/mol. The second kappa shape index (κ2) is 4.66. The van der Waals surface area contributed by atoms with Gasteiger partial charge in [-0.2, -0.15) is 0 Å². The van der Waals surface area contributed by atoms with Crippen LogP contribution in [-0.2, 0) is 4.79 Å². The zero-order chi connectivity index (χ0) is 10.7. The van der Waals surface area contributed by atoms with Gasteiger partial charge in [-0.05, 0) is 18.8 Å². The third kappa shape index (κ3) is 2.50. The fourth-order valence-corrected chi connectivity index (χ4v) is 2.00. The van der Waals surface area contributed by atoms with Gasteiger partial charge in [0.15, 0.2) is 0 Å². The molecule has 82 valence electrons. The Balaban J connectivity index is 1.68. The van der Waals surface area contributed by atoms with Gasteiger partial charge in [-0.3, -0.25) is 4.79 Å². The predicted octanol–water partition coefficient (Wildman–Crippen LogP) is 1.19. The molecular formula is C10H14ClN3O. The number of halogens is 1. The van der Waals surface area contributed by atoms with Crippen molar-refractivity contribution in [2.45, 2.75) is 18.9 Å². The van der Waals surface area contributed by atoms with Crippen LogP contribution >= 0.6 is 11.6 Å². The number of amides is 1. The minimum Gasteiger partial charge on any atom is -0.355 e. The minimum atomic E-state index is -0.0808. The highest BCUT2D eigenvalue weighted by molar-refractivity contribution is 6.27. The molecule has 1 saturated carbocycles. The summed E-state index contributed by atoms with van der Waals surface area (Å²) in [6.45, 7) is 0.747. The lowest BCUT2D eigenvalue weighted by atomic mass is 9.80. The Kier molecular flexibility index (Phi) is 3.26. The van der Waals surface area contributed by atoms with E-state index in [2.05, 4.69) is 14.9 Å². The van der Waals surface area contributed by atoms with Gasteiger partial charge in [0, 0.05) is 25.0 Å². The van der Waals surface area contributed by atoms with E-state index < -0.39 is 0 Å². The Hall–Kier alpha value is -1.03. The quantitative estimate of drug-likeness (QED) is 0.786. The van der Waals surface area contributed by atoms with E-state index in [-0.39, 0.29) is 11.8 Å². The molecule has 1 aliphatic carbocycles. The fraction of sp³-hybridized carbons (Fsp3) is 0.600. The maximum Gasteiger partial charge on any atom is 0.234 e. The van der Waals surface area contributed by atoms with E-state index in [1.807, 2.05) is 12.5 Å². The molecule has 1 aromatic rings. The maximum absolute atomic E-state index is 10.9. The van der Waals surface area contributed by atoms with Gasteiger partial charge in [-0.15, -0.1) is 11.6 Å². The largest absolute Gasteiger partial charge is 0.355 e. The average Bonchev–Trinajstić information content (AvgIpc) is 2.68. The molecule has 0 radical (unpaired) electrons. The van der Waals surface area contributed by atoms with Crippen LogP contribution in [0, 0.1) is 5.92 Å². The van der Waals surface area contributed by atoms with Gasteiger partial charge in [-0.25, -0.2) is 4.98 Å². The molecule has 4 nitrogen and oxygen atoms in total. The summed E-state index contributed by atoms with van der Waals surface area (Å²) in [6.07, 6.45) is 7.84. The van der Waals surface area contributed by atoms with E-state index in [4.69, 9.17) is 11.6 Å². The summed E-state index contributed by atoms with van der Waals surface area (Å²) in [7, 11) is 0. The molecule has 0 aliphatic heterocycles. The molecule has 1 fully saturated rings. The first-order valence-electron chi connectivity index (χ1n) is 5.09. The normalized spacial score (nSPS) is 24.6. The number of hydrogen-bond donors (Lipinski definition) is 1. The number of carbonyl (C=O) groups excluding carboxylic acids is 1. The van der Waals surface area contributed by atoms with Crippen molar-refractivity contribution in [3.8, 4) is 0 Å². The third-order valence-corrected chi connectivity index (χ3v) is 3.11. The SMILES string of the molecule is O=C(CCl)NCC1CC(n2ccnc2)C1. The van der Waals surface area contributed by atoms with Crippen LogP contribution in [0.2, 0.25) is 0 Å². The van der Waals surface area contributed by atoms with Crippen molar-refractivity contribution < 1.29 is 4.79 Å². The number of hydrogen-bond acceptors (Lipinski definition) is 2. The van der Waals surface area contributed by atoms with Crippen LogP contribution in [0.1, 0.15) is 18.9 Å². The Bertz CT molecular complexity index is 319. The van der Waals surface area contributed by atoms with E-state index in [0.29, 0.717) is 12.0 Å². The third-order valence-electron chi connectivity index (χ3n) is 2.87. The van der Waals surface area contributed by atoms with Gasteiger partial charge >= 0.3 is 0 Å². The Morgan fingerprint density at radius 3 is 3.00 bits per heavy atom. The lowest BCUT2D eigenvalue weighted by Crippen LogP contribution is -2.37. The highest BCUT2D eigenvalue weighted by atomic mass is 35.5. The van der Waals surface area contributed by atoms with Gasteiger partial charge in [-0.1, -0.05) is 0 Å². The summed E-state index contributed by atoms with van der Waals surface area (Å²) in [5.74, 6) is 0.560. The molecule has 1 N–H and O–H groups in total. The van der Waals surface area contributed by atoms with Crippen LogP contribution in [0.15, 0.2) is 18.7 Å². The second-order valence-electron chi connectivity index (χ2n) is 3.94. The molecule has 5 heteroatoms. The molecule has 1 amide bonds. The molecule has 1 aromatic heterocycles. The van der Waals surface area contributed by atoms with Gasteiger partial charge in [0.2, 0.25) is 5.91 Å². The molecule has 0 atom stereocenters. The Morgan fingerprint density at radius 1 is 1.60 bits per heavy atom. The van der Waals surface area contributed by atoms with Crippen molar-refractivity contribution >= 4 is 17.5 Å². The molecule has 0 unspecified atom stereocenters. The van der Waals surface area contributed by atoms with Crippen LogP contribution in [0.25, 0.3) is 0 Å². The van der Waals surface area contributed by atoms with Crippen molar-refractivity contribution in [3.05, 3.63) is 18.7 Å². The first-order chi connectivity index (χ1) is 7.29. The van der Waals surface area contributed by atoms with Crippen molar-refractivity contribution in [3.63, 3.8) is 0 Å². The first-order valence-corrected chi connectivity index (χ1v) is 5.63. The van der Waals surface area contributed by atoms with E-state index in [1.165, 1.54) is 0 Å². The van der Waals surface area contributed by atoms with Gasteiger partial charge < -0.3 is 9.88 Å². The van der Waals surface area contributed by atoms with Crippen molar-refractivity contribution in [2.75, 3.05) is 12.4 Å². The molecule has 0 bridgehead atoms. The smallest absolute Gasteiger partial charge is 0.234 e. The number of carbonyl (C=O) groups is 1. The molecule has 15 heavy (non-hydrogen) atoms. The first kappa shape index (κ1) is 10.5. The van der Waals surface area contributed by atoms with Gasteiger partial charge in [0.25, 0.3) is 0 Å². The minimum absolute atomic E-state index is 0.0532. The molecule has 0 spiro atoms. The summed E-state index contributed by atoms with van der Waals surface area (Å²) >= 11 is 5.38. The highest BCUT2D eigenvalue weighted by Gasteiger charge is 2.29. The van der Waals surface area contributed by atoms with Crippen LogP contribution in [-0.4, -0.2) is 27.9 Å². The number of nitrogens with one attached hydrogen (secondary N) is 1. The maximum atomic E-state index is 10.9. The summed E-state index contributed by atoms with van der Waals surface area (Å²) in [5.41, 5.74) is 0. The Morgan fingerprint density at radius 2 is 2.40 bits per heavy atom. The zero-order valence-corrected chi connectivity index (χ0v) is 9.15. The number of rotatable bonds is 4. The van der Waals surface area contributed by atoms with Gasteiger partial charge in [0.1, 0.15) is 5.88 Å². The van der Waals surface area contributed by atoms with E-state index in [1.54, 1.807) is 6.20 Å². The second-order valence-corrected chi connectivity index (χ2v) is 4.21. The number of nitrogens with zero attached hydrogens (tertiary/aromatic N) is 2. The van der Waals surface area contributed by atoms with Crippen molar-refractivity contribution in [1.82, 2.24) is 14.9 Å². The standard InChI is InChI=1S/C10H14ClN3O/c11-5-10(15)13-6-8-3-9(4-8)14-2-1-12-7-14/h1-2,7-9H,3-6H2,(H,13,15). The molecule has 0 saturated heterocycles. The lowest BCUT2D eigenvalue weighted by molar-refractivity contribution is -0.119. The highest BCUT2D eigenvalue weighted by Crippen LogP contribution is 2.36. The van der Waals surface area contributed by atoms with Crippen LogP contribution in [0.5, 0.6) is 0 Å². The van der Waals surface area contributed by atoms with E-state index in [9.17, 15) is 4.79 Å². The van der Waals surface area contributed by atoms with E-state index >= 15 is 0 Å². The van der Waals surface area contributed by atoms with Gasteiger partial charge in [0.05, 0.1) is 6.33 Å². The summed E-state index contributed by atoms with van der Waals surface area (Å²) in [4.78, 5) is 14.9. The monoisotopic (exact) mass is 227 g/mol. The fourth-order valence-electron chi connectivity index (χ4n) is 1.90. The predicted molar refractivity (Wildman–Crippen MR) is 57.7 cm³/mol. The van der Waals surface area contributed by atoms with Crippen LogP contribution in [0.4, 0.5) is 0 Å². The van der Waals surface area contributed by atoms with E-state index in [0.717, 1.165) is 19.4 Å². The topological polar surface area (TPSA) is 46.9 Å². The lowest BCUT2D eigenvalue weighted by Gasteiger charge is -2.36. The summed E-state index contributed by atoms with van der Waals surface area (Å²) in [6, 6.07) is 0.561.